The molecule has 4 aromatic carbocycles. The topological polar surface area (TPSA) is 516 Å². The summed E-state index contributed by atoms with van der Waals surface area (Å²) in [4.78, 5) is 173. The number of aliphatic hydroxyl groups is 3. The predicted octanol–water partition coefficient (Wildman–Crippen LogP) is 3.07. The minimum atomic E-state index is -2.10. The number of halogens is 1. The van der Waals surface area contributed by atoms with Crippen LogP contribution in [0.4, 0.5) is 4.39 Å². The summed E-state index contributed by atoms with van der Waals surface area (Å²) in [5.74, 6) is -15.7. The molecule has 0 aliphatic carbocycles. The Morgan fingerprint density at radius 2 is 1.31 bits per heavy atom. The molecule has 2 heterocycles. The Bertz CT molecular complexity index is 4150. The van der Waals surface area contributed by atoms with E-state index in [-0.39, 0.29) is 70.5 Å². The molecule has 6 amide bonds. The lowest BCUT2D eigenvalue weighted by Gasteiger charge is -2.33. The zero-order chi connectivity index (χ0) is 81.6. The SMILES string of the molecule is CCc1cc(OCCCCN)ccc1-c1ccc(C[C@H](CC(=O)[C@H](CC(=O)O)NC(=O)[C@H](CO)CC(=O)[C@@H](NC(=O)[C@@](C)(CC(=O)[C@@H](NC(=O)CCC(=O)[C@H](Cc2nn[nH]n2)NC(=O)[C@H](C)CC(=O)[C@@H](N)Cc2cnc[nH]2)[C@@H](C)O)Cc2ccccc2F)[C@@H](C)O)C(=O)N[C@@H](CCCc2cc(C)cc(C)c2)C(N)=O)cc1.S.S. The molecule has 31 nitrogen and oxygen atoms in total. The minimum absolute atomic E-state index is 0. The number of imidazole rings is 1. The third-order valence-electron chi connectivity index (χ3n) is 19.3. The number of H-pyrrole nitrogens is 2. The van der Waals surface area contributed by atoms with Crippen LogP contribution in [-0.4, -0.2) is 190 Å². The van der Waals surface area contributed by atoms with Crippen molar-refractivity contribution in [3.05, 3.63) is 148 Å². The molecule has 17 N–H and O–H groups in total. The number of nitrogens with two attached hydrogens (primary N) is 3. The molecule has 0 aliphatic heterocycles. The van der Waals surface area contributed by atoms with Crippen LogP contribution in [0.3, 0.4) is 0 Å². The number of Topliss-reactive ketones (excluding diaryl/α,β-unsaturated/α-hetero) is 5. The van der Waals surface area contributed by atoms with Gasteiger partial charge in [0.2, 0.25) is 35.4 Å². The van der Waals surface area contributed by atoms with Gasteiger partial charge in [-0.05, 0) is 137 Å². The summed E-state index contributed by atoms with van der Waals surface area (Å²) in [6.07, 6.45) is -3.21. The number of rotatable bonds is 50. The molecular weight excluding hydrogens is 1500 g/mol. The largest absolute Gasteiger partial charge is 0.494 e. The molecule has 616 valence electrons. The van der Waals surface area contributed by atoms with Gasteiger partial charge in [-0.2, -0.15) is 32.2 Å². The van der Waals surface area contributed by atoms with Gasteiger partial charge in [0.15, 0.2) is 34.7 Å². The van der Waals surface area contributed by atoms with E-state index in [4.69, 9.17) is 21.9 Å². The quantitative estimate of drug-likeness (QED) is 0.0244. The number of hydrogen-bond acceptors (Lipinski definition) is 22. The second-order valence-electron chi connectivity index (χ2n) is 28.8. The van der Waals surface area contributed by atoms with E-state index in [0.717, 1.165) is 66.1 Å². The van der Waals surface area contributed by atoms with Crippen LogP contribution < -0.4 is 48.5 Å². The molecule has 0 spiro atoms. The van der Waals surface area contributed by atoms with Gasteiger partial charge in [-0.1, -0.05) is 104 Å². The van der Waals surface area contributed by atoms with Crippen LogP contribution in [0, 0.1) is 42.8 Å². The third kappa shape index (κ3) is 30.5. The van der Waals surface area contributed by atoms with E-state index >= 15 is 4.39 Å². The van der Waals surface area contributed by atoms with Crippen molar-refractivity contribution in [3.63, 3.8) is 0 Å². The number of aliphatic hydroxyl groups excluding tert-OH is 3. The number of aromatic nitrogens is 6. The van der Waals surface area contributed by atoms with E-state index in [0.29, 0.717) is 49.4 Å². The lowest BCUT2D eigenvalue weighted by molar-refractivity contribution is -0.142. The Balaban J connectivity index is 0.0000135. The van der Waals surface area contributed by atoms with E-state index in [1.165, 1.54) is 44.6 Å². The number of aryl methyl sites for hydroxylation is 4. The number of ketones is 5. The van der Waals surface area contributed by atoms with Crippen molar-refractivity contribution < 1.29 is 87.1 Å². The Morgan fingerprint density at radius 3 is 1.91 bits per heavy atom. The first-order chi connectivity index (χ1) is 52.7. The molecule has 0 unspecified atom stereocenters. The van der Waals surface area contributed by atoms with Crippen molar-refractivity contribution in [3.8, 4) is 16.9 Å². The molecule has 0 saturated heterocycles. The second kappa shape index (κ2) is 46.9. The first kappa shape index (κ1) is 95.4. The molecule has 12 atom stereocenters. The van der Waals surface area contributed by atoms with Crippen LogP contribution >= 0.6 is 27.0 Å². The summed E-state index contributed by atoms with van der Waals surface area (Å²) in [6, 6.07) is 15.0. The van der Waals surface area contributed by atoms with Gasteiger partial charge in [0.05, 0.1) is 67.6 Å². The van der Waals surface area contributed by atoms with E-state index in [1.54, 1.807) is 12.1 Å². The van der Waals surface area contributed by atoms with E-state index in [2.05, 4.69) is 57.2 Å². The average Bonchev–Trinajstić information content (AvgIpc) is 1.47. The first-order valence-corrected chi connectivity index (χ1v) is 37.1. The van der Waals surface area contributed by atoms with Crippen LogP contribution in [0.5, 0.6) is 5.75 Å². The molecule has 34 heteroatoms. The lowest BCUT2D eigenvalue weighted by atomic mass is 9.76. The minimum Gasteiger partial charge on any atom is -0.494 e. The van der Waals surface area contributed by atoms with Gasteiger partial charge in [0.25, 0.3) is 0 Å². The fourth-order valence-electron chi connectivity index (χ4n) is 13.0. The van der Waals surface area contributed by atoms with E-state index < -0.39 is 199 Å². The maximum absolute atomic E-state index is 15.6. The number of unbranched alkanes of at least 4 members (excludes halogenated alkanes) is 1. The van der Waals surface area contributed by atoms with Crippen molar-refractivity contribution in [2.75, 3.05) is 19.8 Å². The number of benzene rings is 4. The van der Waals surface area contributed by atoms with Crippen molar-refractivity contribution in [1.82, 2.24) is 57.2 Å². The number of aliphatic carboxylic acids is 1. The Hall–Kier alpha value is -9.97. The number of hydrogen-bond donors (Lipinski definition) is 14. The molecule has 0 aliphatic rings. The fourth-order valence-corrected chi connectivity index (χ4v) is 13.0. The number of carboxylic acids is 1. The molecule has 6 aromatic rings. The third-order valence-corrected chi connectivity index (χ3v) is 19.3. The fraction of sp³-hybridized carbons (Fsp3) is 0.494. The van der Waals surface area contributed by atoms with E-state index in [9.17, 15) is 78.0 Å². The lowest BCUT2D eigenvalue weighted by Crippen LogP contribution is -2.55. The average molecular weight is 1610 g/mol. The number of carboxylic acid groups (broad SMARTS) is 1. The summed E-state index contributed by atoms with van der Waals surface area (Å²) in [5.41, 5.74) is 22.4. The van der Waals surface area contributed by atoms with Gasteiger partial charge in [0, 0.05) is 75.1 Å². The van der Waals surface area contributed by atoms with Gasteiger partial charge >= 0.3 is 5.97 Å². The van der Waals surface area contributed by atoms with Gasteiger partial charge < -0.3 is 73.9 Å². The maximum Gasteiger partial charge on any atom is 0.305 e. The summed E-state index contributed by atoms with van der Waals surface area (Å²) >= 11 is 0. The van der Waals surface area contributed by atoms with Crippen LogP contribution in [0.25, 0.3) is 11.1 Å². The van der Waals surface area contributed by atoms with Gasteiger partial charge in [-0.25, -0.2) is 9.37 Å². The number of tetrazole rings is 1. The number of carbonyl (C=O) groups is 12. The van der Waals surface area contributed by atoms with Gasteiger partial charge in [-0.15, -0.1) is 10.2 Å². The highest BCUT2D eigenvalue weighted by atomic mass is 32.1. The number of nitrogens with zero attached hydrogens (tertiary/aromatic N) is 4. The molecule has 6 rings (SSSR count). The highest BCUT2D eigenvalue weighted by molar-refractivity contribution is 7.59. The van der Waals surface area contributed by atoms with Crippen LogP contribution in [0.2, 0.25) is 0 Å². The summed E-state index contributed by atoms with van der Waals surface area (Å²) in [7, 11) is 0. The molecule has 2 aromatic heterocycles. The van der Waals surface area contributed by atoms with Crippen molar-refractivity contribution >= 4 is 97.3 Å². The number of nitrogens with one attached hydrogen (secondary N) is 7. The van der Waals surface area contributed by atoms with Crippen molar-refractivity contribution in [2.24, 2.45) is 40.4 Å². The number of ether oxygens (including phenoxy) is 1. The molecule has 113 heavy (non-hydrogen) atoms. The summed E-state index contributed by atoms with van der Waals surface area (Å²) in [5, 5.41) is 68.9. The number of carbonyl (C=O) groups excluding carboxylic acids is 11. The van der Waals surface area contributed by atoms with Gasteiger partial charge in [-0.3, -0.25) is 57.5 Å². The van der Waals surface area contributed by atoms with Crippen LogP contribution in [0.1, 0.15) is 150 Å². The second-order valence-corrected chi connectivity index (χ2v) is 28.8. The Kier molecular flexibility index (Phi) is 39.6. The highest BCUT2D eigenvalue weighted by Crippen LogP contribution is 2.33. The zero-order valence-electron chi connectivity index (χ0n) is 64.7. The molecule has 0 radical (unpaired) electrons. The molecular formula is C79H109FN14O17S2. The van der Waals surface area contributed by atoms with Crippen LogP contribution in [-0.2, 0) is 96.1 Å². The highest BCUT2D eigenvalue weighted by Gasteiger charge is 2.43. The number of amides is 6. The smallest absolute Gasteiger partial charge is 0.305 e. The van der Waals surface area contributed by atoms with Gasteiger partial charge in [0.1, 0.15) is 29.7 Å². The number of primary amides is 1. The number of aromatic amines is 2. The predicted molar refractivity (Wildman–Crippen MR) is 425 cm³/mol. The summed E-state index contributed by atoms with van der Waals surface area (Å²) in [6.45, 7) is 10.8. The molecule has 0 fully saturated rings. The molecule has 0 bridgehead atoms. The van der Waals surface area contributed by atoms with Crippen LogP contribution in [0.15, 0.2) is 97.5 Å². The standard InChI is InChI=1S/C79H105FN14O17.2H2S/c1-8-51-33-57(111-27-12-11-26-81)22-23-58(51)52-20-18-49(19-21-52)32-54(76(108)86-61(74(83)106)17-13-14-50-29-44(2)28-45(3)30-50)34-66(100)63(38-71(104)105)88-77(109)55(42-95)35-67(101)72(47(5)96)90-78(110)79(7,39-53-15-9-10-16-59(53)80)40-68(102)73(48(6)97)89-70(103)25-24-64(98)62(37-69-91-93-94-92-69)87-75(107)46(4)31-65(99)60(82)36-56-41-84-43-85-56;;/h9-10,15-16,18-23,28-30,33,41,43,46-48,54-55,60-63,72-73,95-97H,8,11-14,17,24-27,31-32,34-40,42,81-82H2,1-7H3,(H2,83,106)(H,84,85)(H,86,108)(H,87,107)(H,88,109)(H,89,103)(H,90,110)(H,104,105)(H,91,92,93,94);2*1H2/t46-,47-,48-,54-,55+,60+,61+,62+,63+,72+,73+,79-;;/m1../s1. The zero-order valence-corrected chi connectivity index (χ0v) is 66.7. The monoisotopic (exact) mass is 1610 g/mol. The Morgan fingerprint density at radius 1 is 0.664 bits per heavy atom. The normalized spacial score (nSPS) is 14.6. The molecule has 0 saturated carbocycles. The maximum atomic E-state index is 15.6. The Labute approximate surface area is 669 Å². The van der Waals surface area contributed by atoms with Crippen molar-refractivity contribution in [1.29, 1.82) is 0 Å². The van der Waals surface area contributed by atoms with Crippen molar-refractivity contribution in [2.45, 2.75) is 206 Å². The first-order valence-electron chi connectivity index (χ1n) is 37.1. The van der Waals surface area contributed by atoms with E-state index in [1.807, 2.05) is 69.3 Å². The summed E-state index contributed by atoms with van der Waals surface area (Å²) < 4.78 is 21.5.